The molecule has 2 aliphatic rings. The number of hydrogen-bond donors (Lipinski definition) is 3. The third-order valence-corrected chi connectivity index (χ3v) is 4.74. The van der Waals surface area contributed by atoms with Gasteiger partial charge >= 0.3 is 0 Å². The maximum absolute atomic E-state index is 5.95. The number of H-pyrrole nitrogens is 2. The van der Waals surface area contributed by atoms with Gasteiger partial charge in [0.25, 0.3) is 0 Å². The Morgan fingerprint density at radius 1 is 0.733 bits per heavy atom. The number of aromatic nitrogens is 4. The van der Waals surface area contributed by atoms with Gasteiger partial charge in [-0.3, -0.25) is 0 Å². The second-order valence-corrected chi connectivity index (χ2v) is 7.03. The van der Waals surface area contributed by atoms with Crippen LogP contribution in [-0.2, 0) is 17.1 Å². The molecule has 1 radical (unpaired) electrons. The van der Waals surface area contributed by atoms with Crippen molar-refractivity contribution in [2.24, 2.45) is 5.73 Å². The summed E-state index contributed by atoms with van der Waals surface area (Å²) in [7, 11) is 0. The fourth-order valence-electron chi connectivity index (χ4n) is 3.38. The normalized spacial score (nSPS) is 12.0. The Morgan fingerprint density at radius 3 is 2.07 bits per heavy atom. The minimum Gasteiger partial charge on any atom is -0.491 e. The van der Waals surface area contributed by atoms with Crippen molar-refractivity contribution in [3.05, 3.63) is 65.2 Å². The second-order valence-electron chi connectivity index (χ2n) is 7.03. The predicted molar refractivity (Wildman–Crippen MR) is 118 cm³/mol. The van der Waals surface area contributed by atoms with E-state index in [0.29, 0.717) is 13.2 Å². The average molecular weight is 438 g/mol. The molecule has 0 saturated carbocycles. The molecular formula is C23H21MnN5O. The first-order valence-electron chi connectivity index (χ1n) is 9.66. The first-order valence-corrected chi connectivity index (χ1v) is 9.66. The summed E-state index contributed by atoms with van der Waals surface area (Å²) in [4.78, 5) is 16.2. The third kappa shape index (κ3) is 4.39. The van der Waals surface area contributed by atoms with Crippen LogP contribution >= 0.6 is 0 Å². The van der Waals surface area contributed by atoms with E-state index in [1.165, 1.54) is 0 Å². The number of nitrogens with two attached hydrogens (primary N) is 1. The van der Waals surface area contributed by atoms with Crippen molar-refractivity contribution in [1.82, 2.24) is 19.9 Å². The molecule has 0 spiro atoms. The third-order valence-electron chi connectivity index (χ3n) is 4.74. The quantitative estimate of drug-likeness (QED) is 0.287. The molecule has 5 heterocycles. The molecule has 0 aromatic carbocycles. The van der Waals surface area contributed by atoms with Crippen molar-refractivity contribution in [1.29, 1.82) is 0 Å². The van der Waals surface area contributed by atoms with Crippen LogP contribution in [0.2, 0.25) is 0 Å². The number of nitrogens with one attached hydrogen (secondary N) is 2. The van der Waals surface area contributed by atoms with Gasteiger partial charge in [0.15, 0.2) is 0 Å². The van der Waals surface area contributed by atoms with Crippen molar-refractivity contribution < 1.29 is 21.8 Å². The predicted octanol–water partition coefficient (Wildman–Crippen LogP) is 4.38. The molecule has 4 N–H and O–H groups in total. The van der Waals surface area contributed by atoms with Crippen LogP contribution in [0.15, 0.2) is 42.5 Å². The van der Waals surface area contributed by atoms with E-state index in [1.807, 2.05) is 60.7 Å². The Balaban J connectivity index is 0.00000218. The Bertz CT molecular complexity index is 1290. The van der Waals surface area contributed by atoms with Crippen molar-refractivity contribution in [2.45, 2.75) is 6.42 Å². The summed E-state index contributed by atoms with van der Waals surface area (Å²) >= 11 is 0. The summed E-state index contributed by atoms with van der Waals surface area (Å²) in [5.41, 5.74) is 13.0. The summed E-state index contributed by atoms with van der Waals surface area (Å²) in [5, 5.41) is 0. The fourth-order valence-corrected chi connectivity index (χ4v) is 3.38. The van der Waals surface area contributed by atoms with E-state index < -0.39 is 0 Å². The zero-order valence-corrected chi connectivity index (χ0v) is 17.4. The first kappa shape index (κ1) is 20.2. The van der Waals surface area contributed by atoms with Gasteiger partial charge in [-0.25, -0.2) is 9.97 Å². The van der Waals surface area contributed by atoms with Crippen molar-refractivity contribution in [2.75, 3.05) is 13.2 Å². The van der Waals surface area contributed by atoms with E-state index in [4.69, 9.17) is 10.5 Å². The van der Waals surface area contributed by atoms with E-state index in [9.17, 15) is 0 Å². The van der Waals surface area contributed by atoms with E-state index in [-0.39, 0.29) is 17.1 Å². The molecule has 0 atom stereocenters. The van der Waals surface area contributed by atoms with Crippen LogP contribution in [0.1, 0.15) is 29.2 Å². The molecule has 8 bridgehead atoms. The standard InChI is InChI=1S/C23H21N5O.Mn/c24-8-1-9-29-23-14-21-12-19-5-4-17(26-19)10-15-2-3-16(25-15)11-18-6-7-20(27-18)13-22(23)28-21;/h2-7,10-14,26,28H,1,8-9,24H2;. The van der Waals surface area contributed by atoms with Crippen LogP contribution in [0.25, 0.3) is 46.4 Å². The fraction of sp³-hybridized carbons (Fsp3) is 0.130. The molecule has 0 aliphatic carbocycles. The second kappa shape index (κ2) is 8.71. The van der Waals surface area contributed by atoms with Crippen LogP contribution in [-0.4, -0.2) is 33.1 Å². The molecule has 0 fully saturated rings. The van der Waals surface area contributed by atoms with Crippen LogP contribution < -0.4 is 10.5 Å². The topological polar surface area (TPSA) is 92.6 Å². The van der Waals surface area contributed by atoms with Gasteiger partial charge in [0, 0.05) is 39.7 Å². The van der Waals surface area contributed by atoms with Crippen LogP contribution in [0.3, 0.4) is 0 Å². The number of nitrogens with zero attached hydrogens (tertiary/aromatic N) is 2. The molecule has 5 rings (SSSR count). The van der Waals surface area contributed by atoms with Crippen molar-refractivity contribution in [3.8, 4) is 5.75 Å². The molecule has 3 aromatic rings. The number of rotatable bonds is 4. The van der Waals surface area contributed by atoms with E-state index in [2.05, 4.69) is 26.0 Å². The number of aromatic amines is 2. The van der Waals surface area contributed by atoms with Crippen LogP contribution in [0.4, 0.5) is 0 Å². The van der Waals surface area contributed by atoms with Crippen LogP contribution in [0, 0.1) is 0 Å². The summed E-state index contributed by atoms with van der Waals surface area (Å²) in [5.74, 6) is 0.794. The van der Waals surface area contributed by atoms with Gasteiger partial charge in [-0.2, -0.15) is 0 Å². The molecular weight excluding hydrogens is 417 g/mol. The Kier molecular flexibility index (Phi) is 5.86. The van der Waals surface area contributed by atoms with E-state index in [1.54, 1.807) is 0 Å². The van der Waals surface area contributed by atoms with Crippen molar-refractivity contribution in [3.63, 3.8) is 0 Å². The Morgan fingerprint density at radius 2 is 1.37 bits per heavy atom. The minimum atomic E-state index is 0. The van der Waals surface area contributed by atoms with Gasteiger partial charge in [-0.15, -0.1) is 0 Å². The van der Waals surface area contributed by atoms with E-state index in [0.717, 1.165) is 57.0 Å². The molecule has 30 heavy (non-hydrogen) atoms. The molecule has 0 unspecified atom stereocenters. The number of fused-ring (bicyclic) bond motifs is 8. The molecule has 3 aromatic heterocycles. The van der Waals surface area contributed by atoms with Gasteiger partial charge in [-0.05, 0) is 73.7 Å². The van der Waals surface area contributed by atoms with Crippen LogP contribution in [0.5, 0.6) is 5.75 Å². The Hall–Kier alpha value is -3.12. The van der Waals surface area contributed by atoms with Gasteiger partial charge in [0.2, 0.25) is 0 Å². The molecule has 0 saturated heterocycles. The van der Waals surface area contributed by atoms with Gasteiger partial charge in [-0.1, -0.05) is 0 Å². The SMILES string of the molecule is NCCCOc1cc2cc3ccc(cc4nc(cc5nc(cc1[nH]2)C=C5)C=C4)[nH]3.[Mn]. The zero-order chi connectivity index (χ0) is 19.6. The maximum Gasteiger partial charge on any atom is 0.144 e. The molecule has 0 amide bonds. The number of ether oxygens (including phenoxy) is 1. The summed E-state index contributed by atoms with van der Waals surface area (Å²) in [6.07, 6.45) is 8.79. The summed E-state index contributed by atoms with van der Waals surface area (Å²) in [6.45, 7) is 1.18. The molecule has 7 heteroatoms. The van der Waals surface area contributed by atoms with Crippen molar-refractivity contribution >= 4 is 46.4 Å². The molecule has 151 valence electrons. The van der Waals surface area contributed by atoms with Gasteiger partial charge in [0.1, 0.15) is 5.75 Å². The van der Waals surface area contributed by atoms with Gasteiger partial charge in [0.05, 0.1) is 34.9 Å². The van der Waals surface area contributed by atoms with Gasteiger partial charge < -0.3 is 20.4 Å². The zero-order valence-electron chi connectivity index (χ0n) is 16.2. The van der Waals surface area contributed by atoms with E-state index >= 15 is 0 Å². The summed E-state index contributed by atoms with van der Waals surface area (Å²) in [6, 6.07) is 14.1. The maximum atomic E-state index is 5.95. The summed E-state index contributed by atoms with van der Waals surface area (Å²) < 4.78 is 5.95. The average Bonchev–Trinajstić information content (AvgIpc) is 3.47. The molecule has 2 aliphatic heterocycles. The molecule has 6 nitrogen and oxygen atoms in total. The first-order chi connectivity index (χ1) is 14.2. The number of hydrogen-bond acceptors (Lipinski definition) is 4. The Labute approximate surface area is 184 Å². The largest absolute Gasteiger partial charge is 0.491 e. The minimum absolute atomic E-state index is 0. The smallest absolute Gasteiger partial charge is 0.144 e. The monoisotopic (exact) mass is 438 g/mol.